The summed E-state index contributed by atoms with van der Waals surface area (Å²) in [5, 5.41) is 7.27. The number of rotatable bonds is 6. The van der Waals surface area contributed by atoms with E-state index in [0.717, 1.165) is 17.8 Å². The Kier molecular flexibility index (Phi) is 5.75. The average Bonchev–Trinajstić information content (AvgIpc) is 2.93. The molecule has 22 heavy (non-hydrogen) atoms. The molecule has 1 amide bonds. The minimum atomic E-state index is 0.0360. The number of anilines is 1. The third-order valence-electron chi connectivity index (χ3n) is 3.64. The number of para-hydroxylation sites is 1. The Hall–Kier alpha value is -1.65. The number of hydrogen-bond acceptors (Lipinski definition) is 3. The van der Waals surface area contributed by atoms with E-state index >= 15 is 0 Å². The van der Waals surface area contributed by atoms with Crippen molar-refractivity contribution in [3.05, 3.63) is 51.7 Å². The maximum Gasteiger partial charge on any atom is 0.238 e. The van der Waals surface area contributed by atoms with Gasteiger partial charge in [0.05, 0.1) is 6.54 Å². The molecule has 0 bridgehead atoms. The van der Waals surface area contributed by atoms with Crippen LogP contribution in [-0.4, -0.2) is 24.4 Å². The fourth-order valence-electron chi connectivity index (χ4n) is 2.52. The maximum atomic E-state index is 12.3. The van der Waals surface area contributed by atoms with Crippen molar-refractivity contribution in [2.75, 3.05) is 18.9 Å². The Labute approximate surface area is 137 Å². The van der Waals surface area contributed by atoms with Crippen molar-refractivity contribution in [2.45, 2.75) is 33.2 Å². The molecule has 0 saturated heterocycles. The lowest BCUT2D eigenvalue weighted by Gasteiger charge is -2.19. The molecule has 2 aromatic rings. The first-order valence-corrected chi connectivity index (χ1v) is 8.50. The normalized spacial score (nSPS) is 11.2. The molecular weight excluding hydrogens is 292 g/mol. The lowest BCUT2D eigenvalue weighted by Crippen LogP contribution is -2.30. The number of thiophene rings is 1. The van der Waals surface area contributed by atoms with E-state index in [9.17, 15) is 4.79 Å². The molecule has 1 N–H and O–H groups in total. The maximum absolute atomic E-state index is 12.3. The highest BCUT2D eigenvalue weighted by atomic mass is 32.1. The summed E-state index contributed by atoms with van der Waals surface area (Å²) < 4.78 is 0. The molecule has 0 radical (unpaired) electrons. The SMILES string of the molecule is Cc1cccc(C(C)C)c1NC(=O)CN(C)Cc1ccsc1. The fourth-order valence-corrected chi connectivity index (χ4v) is 3.18. The molecule has 0 atom stereocenters. The van der Waals surface area contributed by atoms with Crippen LogP contribution in [-0.2, 0) is 11.3 Å². The van der Waals surface area contributed by atoms with Crippen molar-refractivity contribution < 1.29 is 4.79 Å². The summed E-state index contributed by atoms with van der Waals surface area (Å²) in [5.74, 6) is 0.424. The van der Waals surface area contributed by atoms with Crippen LogP contribution in [0.4, 0.5) is 5.69 Å². The lowest BCUT2D eigenvalue weighted by molar-refractivity contribution is -0.117. The Morgan fingerprint density at radius 2 is 2.09 bits per heavy atom. The standard InChI is InChI=1S/C18H24N2OS/c1-13(2)16-7-5-6-14(3)18(16)19-17(21)11-20(4)10-15-8-9-22-12-15/h5-9,12-13H,10-11H2,1-4H3,(H,19,21). The summed E-state index contributed by atoms with van der Waals surface area (Å²) in [7, 11) is 1.97. The molecule has 1 heterocycles. The van der Waals surface area contributed by atoms with E-state index in [0.29, 0.717) is 12.5 Å². The van der Waals surface area contributed by atoms with Gasteiger partial charge in [-0.3, -0.25) is 9.69 Å². The van der Waals surface area contributed by atoms with E-state index in [1.807, 2.05) is 31.0 Å². The summed E-state index contributed by atoms with van der Waals surface area (Å²) >= 11 is 1.68. The molecule has 1 aromatic carbocycles. The highest BCUT2D eigenvalue weighted by molar-refractivity contribution is 7.07. The van der Waals surface area contributed by atoms with Crippen LogP contribution in [0.1, 0.15) is 36.5 Å². The summed E-state index contributed by atoms with van der Waals surface area (Å²) in [5.41, 5.74) is 4.51. The van der Waals surface area contributed by atoms with Crippen molar-refractivity contribution >= 4 is 22.9 Å². The van der Waals surface area contributed by atoms with E-state index in [1.165, 1.54) is 11.1 Å². The van der Waals surface area contributed by atoms with Gasteiger partial charge in [0.25, 0.3) is 0 Å². The van der Waals surface area contributed by atoms with Crippen LogP contribution in [0.2, 0.25) is 0 Å². The zero-order valence-electron chi connectivity index (χ0n) is 13.7. The van der Waals surface area contributed by atoms with Crippen molar-refractivity contribution in [1.82, 2.24) is 4.90 Å². The first-order valence-electron chi connectivity index (χ1n) is 7.56. The van der Waals surface area contributed by atoms with Crippen LogP contribution in [0.5, 0.6) is 0 Å². The number of carbonyl (C=O) groups excluding carboxylic acids is 1. The molecule has 1 aromatic heterocycles. The number of nitrogens with one attached hydrogen (secondary N) is 1. The zero-order chi connectivity index (χ0) is 16.1. The van der Waals surface area contributed by atoms with Gasteiger partial charge in [-0.1, -0.05) is 32.0 Å². The van der Waals surface area contributed by atoms with Crippen LogP contribution in [0.15, 0.2) is 35.0 Å². The first-order chi connectivity index (χ1) is 10.5. The van der Waals surface area contributed by atoms with Gasteiger partial charge < -0.3 is 5.32 Å². The molecule has 0 aliphatic heterocycles. The van der Waals surface area contributed by atoms with Crippen LogP contribution in [0.25, 0.3) is 0 Å². The van der Waals surface area contributed by atoms with E-state index in [4.69, 9.17) is 0 Å². The highest BCUT2D eigenvalue weighted by Crippen LogP contribution is 2.27. The topological polar surface area (TPSA) is 32.3 Å². The van der Waals surface area contributed by atoms with Crippen molar-refractivity contribution in [2.24, 2.45) is 0 Å². The molecule has 0 aliphatic carbocycles. The smallest absolute Gasteiger partial charge is 0.238 e. The number of carbonyl (C=O) groups is 1. The third-order valence-corrected chi connectivity index (χ3v) is 4.37. The lowest BCUT2D eigenvalue weighted by atomic mass is 9.98. The number of nitrogens with zero attached hydrogens (tertiary/aromatic N) is 1. The van der Waals surface area contributed by atoms with Gasteiger partial charge in [0.2, 0.25) is 5.91 Å². The van der Waals surface area contributed by atoms with Gasteiger partial charge in [-0.2, -0.15) is 11.3 Å². The second kappa shape index (κ2) is 7.56. The van der Waals surface area contributed by atoms with Crippen LogP contribution < -0.4 is 5.32 Å². The van der Waals surface area contributed by atoms with Gasteiger partial charge >= 0.3 is 0 Å². The molecule has 4 heteroatoms. The Balaban J connectivity index is 2.00. The van der Waals surface area contributed by atoms with Gasteiger partial charge in [-0.25, -0.2) is 0 Å². The van der Waals surface area contributed by atoms with Crippen LogP contribution in [0.3, 0.4) is 0 Å². The number of amides is 1. The predicted molar refractivity (Wildman–Crippen MR) is 94.6 cm³/mol. The first kappa shape index (κ1) is 16.7. The van der Waals surface area contributed by atoms with E-state index < -0.39 is 0 Å². The number of benzene rings is 1. The minimum Gasteiger partial charge on any atom is -0.324 e. The Morgan fingerprint density at radius 1 is 1.32 bits per heavy atom. The number of likely N-dealkylation sites (N-methyl/N-ethyl adjacent to an activating group) is 1. The largest absolute Gasteiger partial charge is 0.324 e. The van der Waals surface area contributed by atoms with Crippen molar-refractivity contribution in [1.29, 1.82) is 0 Å². The van der Waals surface area contributed by atoms with Gasteiger partial charge in [-0.15, -0.1) is 0 Å². The molecule has 2 rings (SSSR count). The fraction of sp³-hybridized carbons (Fsp3) is 0.389. The monoisotopic (exact) mass is 316 g/mol. The van der Waals surface area contributed by atoms with Crippen molar-refractivity contribution in [3.63, 3.8) is 0 Å². The van der Waals surface area contributed by atoms with Crippen molar-refractivity contribution in [3.8, 4) is 0 Å². The van der Waals surface area contributed by atoms with Gasteiger partial charge in [0, 0.05) is 12.2 Å². The Bertz CT molecular complexity index is 620. The molecule has 118 valence electrons. The van der Waals surface area contributed by atoms with E-state index in [-0.39, 0.29) is 5.91 Å². The summed E-state index contributed by atoms with van der Waals surface area (Å²) in [6.07, 6.45) is 0. The molecule has 0 fully saturated rings. The third kappa shape index (κ3) is 4.42. The average molecular weight is 316 g/mol. The van der Waals surface area contributed by atoms with Gasteiger partial charge in [0.1, 0.15) is 0 Å². The number of aryl methyl sites for hydroxylation is 1. The second-order valence-electron chi connectivity index (χ2n) is 6.05. The zero-order valence-corrected chi connectivity index (χ0v) is 14.5. The quantitative estimate of drug-likeness (QED) is 0.864. The van der Waals surface area contributed by atoms with Gasteiger partial charge in [-0.05, 0) is 53.4 Å². The summed E-state index contributed by atoms with van der Waals surface area (Å²) in [6.45, 7) is 7.51. The Morgan fingerprint density at radius 3 is 2.73 bits per heavy atom. The second-order valence-corrected chi connectivity index (χ2v) is 6.83. The number of hydrogen-bond donors (Lipinski definition) is 1. The molecule has 0 saturated carbocycles. The van der Waals surface area contributed by atoms with E-state index in [2.05, 4.69) is 42.1 Å². The molecule has 0 unspecified atom stereocenters. The molecule has 0 spiro atoms. The van der Waals surface area contributed by atoms with Crippen LogP contribution in [0, 0.1) is 6.92 Å². The summed E-state index contributed by atoms with van der Waals surface area (Å²) in [4.78, 5) is 14.4. The van der Waals surface area contributed by atoms with Gasteiger partial charge in [0.15, 0.2) is 0 Å². The predicted octanol–water partition coefficient (Wildman–Crippen LogP) is 4.25. The molecular formula is C18H24N2OS. The molecule has 3 nitrogen and oxygen atoms in total. The highest BCUT2D eigenvalue weighted by Gasteiger charge is 2.13. The van der Waals surface area contributed by atoms with Crippen LogP contribution >= 0.6 is 11.3 Å². The van der Waals surface area contributed by atoms with E-state index in [1.54, 1.807) is 11.3 Å². The minimum absolute atomic E-state index is 0.0360. The molecule has 0 aliphatic rings. The summed E-state index contributed by atoms with van der Waals surface area (Å²) in [6, 6.07) is 8.26.